The van der Waals surface area contributed by atoms with Crippen LogP contribution in [0.15, 0.2) is 0 Å². The van der Waals surface area contributed by atoms with Crippen molar-refractivity contribution < 1.29 is 4.79 Å². The lowest BCUT2D eigenvalue weighted by Gasteiger charge is -2.15. The van der Waals surface area contributed by atoms with Crippen LogP contribution in [-0.4, -0.2) is 26.0 Å². The smallest absolute Gasteiger partial charge is 0.221 e. The van der Waals surface area contributed by atoms with Crippen LogP contribution < -0.4 is 10.6 Å². The van der Waals surface area contributed by atoms with Crippen molar-refractivity contribution in [3.8, 4) is 6.07 Å². The van der Waals surface area contributed by atoms with E-state index in [1.165, 1.54) is 0 Å². The molecule has 0 saturated heterocycles. The molecular formula is C9H17N3O. The Morgan fingerprint density at radius 3 is 2.62 bits per heavy atom. The highest BCUT2D eigenvalue weighted by Gasteiger charge is 2.16. The minimum absolute atomic E-state index is 0.0160. The Morgan fingerprint density at radius 2 is 2.15 bits per heavy atom. The fraction of sp³-hybridized carbons (Fsp3) is 0.778. The van der Waals surface area contributed by atoms with Gasteiger partial charge in [0.1, 0.15) is 0 Å². The molecule has 0 aliphatic heterocycles. The zero-order valence-electron chi connectivity index (χ0n) is 8.48. The second-order valence-electron chi connectivity index (χ2n) is 3.63. The monoisotopic (exact) mass is 183 g/mol. The summed E-state index contributed by atoms with van der Waals surface area (Å²) < 4.78 is 0. The molecule has 74 valence electrons. The molecule has 0 rings (SSSR count). The molecule has 0 spiro atoms. The minimum atomic E-state index is -0.477. The molecule has 0 unspecified atom stereocenters. The number of hydrogen-bond acceptors (Lipinski definition) is 3. The number of hydrogen-bond donors (Lipinski definition) is 2. The summed E-state index contributed by atoms with van der Waals surface area (Å²) in [7, 11) is 1.80. The average Bonchev–Trinajstić information content (AvgIpc) is 2.11. The van der Waals surface area contributed by atoms with Crippen molar-refractivity contribution in [1.82, 2.24) is 10.6 Å². The molecule has 4 heteroatoms. The predicted molar refractivity (Wildman–Crippen MR) is 50.9 cm³/mol. The molecule has 0 bridgehead atoms. The first-order chi connectivity index (χ1) is 6.02. The van der Waals surface area contributed by atoms with Gasteiger partial charge >= 0.3 is 0 Å². The lowest BCUT2D eigenvalue weighted by Crippen LogP contribution is -2.34. The van der Waals surface area contributed by atoms with E-state index in [1.54, 1.807) is 20.9 Å². The highest BCUT2D eigenvalue weighted by atomic mass is 16.1. The zero-order chi connectivity index (χ0) is 10.3. The van der Waals surface area contributed by atoms with Crippen molar-refractivity contribution in [2.75, 3.05) is 20.1 Å². The minimum Gasteiger partial charge on any atom is -0.354 e. The van der Waals surface area contributed by atoms with Crippen LogP contribution in [0.25, 0.3) is 0 Å². The number of nitriles is 1. The summed E-state index contributed by atoms with van der Waals surface area (Å²) in [6.07, 6.45) is 0.456. The van der Waals surface area contributed by atoms with Gasteiger partial charge in [-0.15, -0.1) is 0 Å². The quantitative estimate of drug-likeness (QED) is 0.642. The fourth-order valence-electron chi connectivity index (χ4n) is 0.686. The topological polar surface area (TPSA) is 64.9 Å². The molecular weight excluding hydrogens is 166 g/mol. The first kappa shape index (κ1) is 11.9. The molecule has 0 aliphatic rings. The maximum Gasteiger partial charge on any atom is 0.221 e. The van der Waals surface area contributed by atoms with E-state index in [-0.39, 0.29) is 5.91 Å². The summed E-state index contributed by atoms with van der Waals surface area (Å²) in [4.78, 5) is 11.1. The van der Waals surface area contributed by atoms with Crippen molar-refractivity contribution in [3.05, 3.63) is 0 Å². The third-order valence-electron chi connectivity index (χ3n) is 1.63. The number of nitrogens with zero attached hydrogens (tertiary/aromatic N) is 1. The predicted octanol–water partition coefficient (Wildman–Crippen LogP) is 0.262. The van der Waals surface area contributed by atoms with Gasteiger partial charge in [-0.2, -0.15) is 5.26 Å². The maximum absolute atomic E-state index is 11.1. The second kappa shape index (κ2) is 5.55. The van der Waals surface area contributed by atoms with Crippen LogP contribution in [-0.2, 0) is 4.79 Å². The van der Waals surface area contributed by atoms with Crippen LogP contribution in [0.2, 0.25) is 0 Å². The van der Waals surface area contributed by atoms with Gasteiger partial charge in [-0.25, -0.2) is 0 Å². The van der Waals surface area contributed by atoms with Crippen molar-refractivity contribution in [3.63, 3.8) is 0 Å². The Kier molecular flexibility index (Phi) is 5.09. The highest BCUT2D eigenvalue weighted by molar-refractivity contribution is 5.76. The summed E-state index contributed by atoms with van der Waals surface area (Å²) in [5.41, 5.74) is -0.477. The van der Waals surface area contributed by atoms with Crippen molar-refractivity contribution in [1.29, 1.82) is 5.26 Å². The molecule has 0 fully saturated rings. The van der Waals surface area contributed by atoms with Crippen LogP contribution in [0.4, 0.5) is 0 Å². The van der Waals surface area contributed by atoms with Gasteiger partial charge < -0.3 is 10.6 Å². The lowest BCUT2D eigenvalue weighted by molar-refractivity contribution is -0.121. The molecule has 0 radical (unpaired) electrons. The van der Waals surface area contributed by atoms with Gasteiger partial charge in [0, 0.05) is 19.5 Å². The van der Waals surface area contributed by atoms with Gasteiger partial charge in [-0.3, -0.25) is 4.79 Å². The average molecular weight is 183 g/mol. The Bertz CT molecular complexity index is 205. The van der Waals surface area contributed by atoms with Crippen LogP contribution in [0.1, 0.15) is 20.3 Å². The van der Waals surface area contributed by atoms with Crippen LogP contribution in [0.3, 0.4) is 0 Å². The van der Waals surface area contributed by atoms with E-state index < -0.39 is 5.41 Å². The molecule has 1 amide bonds. The first-order valence-electron chi connectivity index (χ1n) is 4.34. The van der Waals surface area contributed by atoms with Gasteiger partial charge in [0.2, 0.25) is 5.91 Å². The summed E-state index contributed by atoms with van der Waals surface area (Å²) in [5, 5.41) is 14.3. The Labute approximate surface area is 79.3 Å². The lowest BCUT2D eigenvalue weighted by atomic mass is 9.96. The first-order valence-corrected chi connectivity index (χ1v) is 4.34. The van der Waals surface area contributed by atoms with Crippen LogP contribution >= 0.6 is 0 Å². The van der Waals surface area contributed by atoms with Gasteiger partial charge in [0.05, 0.1) is 11.5 Å². The Hall–Kier alpha value is -1.08. The van der Waals surface area contributed by atoms with E-state index in [9.17, 15) is 4.79 Å². The van der Waals surface area contributed by atoms with Crippen LogP contribution in [0.5, 0.6) is 0 Å². The van der Waals surface area contributed by atoms with E-state index in [2.05, 4.69) is 16.7 Å². The van der Waals surface area contributed by atoms with Crippen molar-refractivity contribution in [2.45, 2.75) is 20.3 Å². The molecule has 0 atom stereocenters. The Morgan fingerprint density at radius 1 is 1.54 bits per heavy atom. The normalized spacial score (nSPS) is 10.6. The van der Waals surface area contributed by atoms with Gasteiger partial charge in [0.15, 0.2) is 0 Å². The SMILES string of the molecule is CNCCC(=O)NCC(C)(C)C#N. The van der Waals surface area contributed by atoms with E-state index in [0.29, 0.717) is 19.5 Å². The molecule has 13 heavy (non-hydrogen) atoms. The van der Waals surface area contributed by atoms with E-state index in [0.717, 1.165) is 0 Å². The fourth-order valence-corrected chi connectivity index (χ4v) is 0.686. The summed E-state index contributed by atoms with van der Waals surface area (Å²) in [6, 6.07) is 2.12. The molecule has 0 saturated carbocycles. The van der Waals surface area contributed by atoms with Gasteiger partial charge in [0.25, 0.3) is 0 Å². The second-order valence-corrected chi connectivity index (χ2v) is 3.63. The molecule has 0 aromatic carbocycles. The van der Waals surface area contributed by atoms with Crippen molar-refractivity contribution in [2.24, 2.45) is 5.41 Å². The number of nitrogens with one attached hydrogen (secondary N) is 2. The summed E-state index contributed by atoms with van der Waals surface area (Å²) in [6.45, 7) is 4.67. The van der Waals surface area contributed by atoms with E-state index >= 15 is 0 Å². The molecule has 0 aromatic rings. The molecule has 4 nitrogen and oxygen atoms in total. The summed E-state index contributed by atoms with van der Waals surface area (Å²) >= 11 is 0. The number of rotatable bonds is 5. The third kappa shape index (κ3) is 6.12. The van der Waals surface area contributed by atoms with E-state index in [4.69, 9.17) is 5.26 Å². The number of amides is 1. The number of carbonyl (C=O) groups excluding carboxylic acids is 1. The van der Waals surface area contributed by atoms with Gasteiger partial charge in [-0.1, -0.05) is 0 Å². The Balaban J connectivity index is 3.65. The number of carbonyl (C=O) groups is 1. The molecule has 0 heterocycles. The van der Waals surface area contributed by atoms with Crippen LogP contribution in [0, 0.1) is 16.7 Å². The van der Waals surface area contributed by atoms with Gasteiger partial charge in [-0.05, 0) is 20.9 Å². The molecule has 0 aromatic heterocycles. The third-order valence-corrected chi connectivity index (χ3v) is 1.63. The zero-order valence-corrected chi connectivity index (χ0v) is 8.48. The van der Waals surface area contributed by atoms with E-state index in [1.807, 2.05) is 0 Å². The summed E-state index contributed by atoms with van der Waals surface area (Å²) in [5.74, 6) is -0.0160. The maximum atomic E-state index is 11.1. The molecule has 2 N–H and O–H groups in total. The highest BCUT2D eigenvalue weighted by Crippen LogP contribution is 2.10. The van der Waals surface area contributed by atoms with Crippen molar-refractivity contribution >= 4 is 5.91 Å². The largest absolute Gasteiger partial charge is 0.354 e. The molecule has 0 aliphatic carbocycles. The standard InChI is InChI=1S/C9H17N3O/c1-9(2,6-10)7-12-8(13)4-5-11-3/h11H,4-5,7H2,1-3H3,(H,12,13).